The van der Waals surface area contributed by atoms with Gasteiger partial charge in [-0.05, 0) is 18.9 Å². The average molecular weight is 305 g/mol. The van der Waals surface area contributed by atoms with E-state index in [0.717, 1.165) is 12.8 Å². The Morgan fingerprint density at radius 3 is 2.59 bits per heavy atom. The summed E-state index contributed by atoms with van der Waals surface area (Å²) in [6.07, 6.45) is 3.23. The zero-order valence-corrected chi connectivity index (χ0v) is 12.5. The van der Waals surface area contributed by atoms with E-state index in [-0.39, 0.29) is 29.0 Å². The van der Waals surface area contributed by atoms with Gasteiger partial charge in [-0.3, -0.25) is 14.4 Å². The van der Waals surface area contributed by atoms with Crippen molar-refractivity contribution < 1.29 is 14.3 Å². The Morgan fingerprint density at radius 2 is 1.95 bits per heavy atom. The molecule has 0 bridgehead atoms. The lowest BCUT2D eigenvalue weighted by molar-refractivity contribution is -0.117. The number of amides is 2. The Kier molecular flexibility index (Phi) is 3.98. The topological polar surface area (TPSA) is 80.6 Å². The maximum absolute atomic E-state index is 12.5. The van der Waals surface area contributed by atoms with Gasteiger partial charge < -0.3 is 19.5 Å². The van der Waals surface area contributed by atoms with Crippen molar-refractivity contribution in [1.82, 2.24) is 9.47 Å². The van der Waals surface area contributed by atoms with Gasteiger partial charge in [0.2, 0.25) is 5.91 Å². The molecule has 0 radical (unpaired) electrons. The van der Waals surface area contributed by atoms with Crippen LogP contribution in [0, 0.1) is 5.92 Å². The normalized spacial score (nSPS) is 18.1. The Labute approximate surface area is 127 Å². The minimum absolute atomic E-state index is 0.00306. The molecule has 0 atom stereocenters. The number of pyridine rings is 1. The van der Waals surface area contributed by atoms with E-state index in [9.17, 15) is 14.4 Å². The van der Waals surface area contributed by atoms with Gasteiger partial charge in [-0.2, -0.15) is 0 Å². The summed E-state index contributed by atoms with van der Waals surface area (Å²) in [5, 5.41) is 2.64. The van der Waals surface area contributed by atoms with Crippen molar-refractivity contribution in [2.24, 2.45) is 13.0 Å². The van der Waals surface area contributed by atoms with E-state index in [1.807, 2.05) is 0 Å². The molecule has 1 saturated carbocycles. The fourth-order valence-corrected chi connectivity index (χ4v) is 2.45. The molecule has 0 unspecified atom stereocenters. The van der Waals surface area contributed by atoms with Crippen molar-refractivity contribution in [2.45, 2.75) is 12.8 Å². The summed E-state index contributed by atoms with van der Waals surface area (Å²) in [4.78, 5) is 38.1. The van der Waals surface area contributed by atoms with Gasteiger partial charge in [-0.25, -0.2) is 0 Å². The fourth-order valence-electron chi connectivity index (χ4n) is 2.45. The summed E-state index contributed by atoms with van der Waals surface area (Å²) in [7, 11) is 1.57. The number of nitrogens with zero attached hydrogens (tertiary/aromatic N) is 2. The molecular weight excluding hydrogens is 286 g/mol. The van der Waals surface area contributed by atoms with Gasteiger partial charge in [-0.1, -0.05) is 0 Å². The van der Waals surface area contributed by atoms with Crippen LogP contribution in [0.2, 0.25) is 0 Å². The number of rotatable bonds is 3. The monoisotopic (exact) mass is 305 g/mol. The third-order valence-electron chi connectivity index (χ3n) is 3.93. The molecule has 1 aromatic heterocycles. The number of nitrogens with one attached hydrogen (secondary N) is 1. The third-order valence-corrected chi connectivity index (χ3v) is 3.93. The van der Waals surface area contributed by atoms with Crippen LogP contribution in [0.5, 0.6) is 0 Å². The molecule has 7 heteroatoms. The first kappa shape index (κ1) is 14.8. The van der Waals surface area contributed by atoms with Crippen molar-refractivity contribution in [2.75, 3.05) is 31.6 Å². The van der Waals surface area contributed by atoms with Gasteiger partial charge in [0, 0.05) is 32.3 Å². The summed E-state index contributed by atoms with van der Waals surface area (Å²) >= 11 is 0. The highest BCUT2D eigenvalue weighted by Gasteiger charge is 2.30. The minimum atomic E-state index is -0.312. The first-order chi connectivity index (χ1) is 10.6. The second kappa shape index (κ2) is 5.92. The highest BCUT2D eigenvalue weighted by molar-refractivity contribution is 5.97. The highest BCUT2D eigenvalue weighted by Crippen LogP contribution is 2.29. The molecule has 118 valence electrons. The van der Waals surface area contributed by atoms with Crippen molar-refractivity contribution in [3.63, 3.8) is 0 Å². The van der Waals surface area contributed by atoms with E-state index < -0.39 is 0 Å². The quantitative estimate of drug-likeness (QED) is 0.865. The smallest absolute Gasteiger partial charge is 0.274 e. The third kappa shape index (κ3) is 3.04. The van der Waals surface area contributed by atoms with Crippen molar-refractivity contribution in [1.29, 1.82) is 0 Å². The van der Waals surface area contributed by atoms with Gasteiger partial charge in [0.25, 0.3) is 11.5 Å². The number of aromatic nitrogens is 1. The van der Waals surface area contributed by atoms with Crippen molar-refractivity contribution >= 4 is 17.5 Å². The van der Waals surface area contributed by atoms with Crippen LogP contribution in [-0.2, 0) is 16.6 Å². The number of carbonyl (C=O) groups is 2. The average Bonchev–Trinajstić information content (AvgIpc) is 3.36. The Hall–Kier alpha value is -2.15. The van der Waals surface area contributed by atoms with Gasteiger partial charge in [0.05, 0.1) is 18.8 Å². The molecular formula is C15H19N3O4. The standard InChI is InChI=1S/C15H19N3O4/c1-17-9-11(14(20)18-4-6-22-7-5-18)8-12(15(17)21)16-13(19)10-2-3-10/h8-10H,2-7H2,1H3,(H,16,19). The van der Waals surface area contributed by atoms with E-state index in [2.05, 4.69) is 5.32 Å². The molecule has 1 aliphatic heterocycles. The second-order valence-electron chi connectivity index (χ2n) is 5.73. The van der Waals surface area contributed by atoms with E-state index in [0.29, 0.717) is 31.9 Å². The molecule has 2 amide bonds. The summed E-state index contributed by atoms with van der Waals surface area (Å²) in [5.41, 5.74) is 0.251. The molecule has 2 fully saturated rings. The number of aryl methyl sites for hydroxylation is 1. The first-order valence-corrected chi connectivity index (χ1v) is 7.45. The van der Waals surface area contributed by atoms with Crippen LogP contribution < -0.4 is 10.9 Å². The molecule has 1 N–H and O–H groups in total. The van der Waals surface area contributed by atoms with Crippen molar-refractivity contribution in [3.8, 4) is 0 Å². The molecule has 22 heavy (non-hydrogen) atoms. The molecule has 1 aliphatic carbocycles. The lowest BCUT2D eigenvalue weighted by Crippen LogP contribution is -2.41. The molecule has 1 saturated heterocycles. The number of anilines is 1. The number of carbonyl (C=O) groups excluding carboxylic acids is 2. The van der Waals surface area contributed by atoms with Gasteiger partial charge in [-0.15, -0.1) is 0 Å². The van der Waals surface area contributed by atoms with Gasteiger partial charge in [0.1, 0.15) is 5.69 Å². The summed E-state index contributed by atoms with van der Waals surface area (Å²) in [6.45, 7) is 2.10. The van der Waals surface area contributed by atoms with Crippen LogP contribution in [0.4, 0.5) is 5.69 Å². The molecule has 0 aromatic carbocycles. The van der Waals surface area contributed by atoms with Gasteiger partial charge in [0.15, 0.2) is 0 Å². The van der Waals surface area contributed by atoms with Gasteiger partial charge >= 0.3 is 0 Å². The number of morpholine rings is 1. The first-order valence-electron chi connectivity index (χ1n) is 7.45. The zero-order valence-electron chi connectivity index (χ0n) is 12.5. The van der Waals surface area contributed by atoms with Crippen LogP contribution >= 0.6 is 0 Å². The maximum Gasteiger partial charge on any atom is 0.274 e. The van der Waals surface area contributed by atoms with E-state index in [1.165, 1.54) is 16.8 Å². The Morgan fingerprint density at radius 1 is 1.27 bits per heavy atom. The van der Waals surface area contributed by atoms with Crippen LogP contribution in [0.3, 0.4) is 0 Å². The fraction of sp³-hybridized carbons (Fsp3) is 0.533. The predicted molar refractivity (Wildman–Crippen MR) is 79.8 cm³/mol. The molecule has 0 spiro atoms. The zero-order chi connectivity index (χ0) is 15.7. The van der Waals surface area contributed by atoms with E-state index >= 15 is 0 Å². The number of hydrogen-bond donors (Lipinski definition) is 1. The van der Waals surface area contributed by atoms with Crippen LogP contribution in [0.1, 0.15) is 23.2 Å². The predicted octanol–water partition coefficient (Wildman–Crippen LogP) is 0.206. The number of hydrogen-bond acceptors (Lipinski definition) is 4. The van der Waals surface area contributed by atoms with E-state index in [1.54, 1.807) is 11.9 Å². The second-order valence-corrected chi connectivity index (χ2v) is 5.73. The SMILES string of the molecule is Cn1cc(C(=O)N2CCOCC2)cc(NC(=O)C2CC2)c1=O. The van der Waals surface area contributed by atoms with Crippen LogP contribution in [0.25, 0.3) is 0 Å². The largest absolute Gasteiger partial charge is 0.378 e. The van der Waals surface area contributed by atoms with E-state index in [4.69, 9.17) is 4.74 Å². The Balaban J connectivity index is 1.84. The lowest BCUT2D eigenvalue weighted by atomic mass is 10.2. The summed E-state index contributed by atoms with van der Waals surface area (Å²) in [5.74, 6) is -0.294. The van der Waals surface area contributed by atoms with Crippen LogP contribution in [-0.4, -0.2) is 47.6 Å². The highest BCUT2D eigenvalue weighted by atomic mass is 16.5. The molecule has 2 heterocycles. The minimum Gasteiger partial charge on any atom is -0.378 e. The maximum atomic E-state index is 12.5. The van der Waals surface area contributed by atoms with Crippen LogP contribution in [0.15, 0.2) is 17.1 Å². The summed E-state index contributed by atoms with van der Waals surface area (Å²) in [6, 6.07) is 1.47. The molecule has 3 rings (SSSR count). The molecule has 1 aromatic rings. The lowest BCUT2D eigenvalue weighted by Gasteiger charge is -2.27. The van der Waals surface area contributed by atoms with Crippen molar-refractivity contribution in [3.05, 3.63) is 28.2 Å². The molecule has 2 aliphatic rings. The summed E-state index contributed by atoms with van der Waals surface area (Å²) < 4.78 is 6.56. The molecule has 7 nitrogen and oxygen atoms in total. The Bertz CT molecular complexity index is 657. The number of ether oxygens (including phenoxy) is 1.